The van der Waals surface area contributed by atoms with Gasteiger partial charge >= 0.3 is 0 Å². The fraction of sp³-hybridized carbons (Fsp3) is 0.417. The molecule has 0 spiro atoms. The van der Waals surface area contributed by atoms with E-state index in [4.69, 9.17) is 0 Å². The highest BCUT2D eigenvalue weighted by Gasteiger charge is 2.17. The molecule has 0 atom stereocenters. The van der Waals surface area contributed by atoms with E-state index in [-0.39, 0.29) is 18.4 Å². The molecule has 1 aliphatic rings. The van der Waals surface area contributed by atoms with Crippen molar-refractivity contribution in [2.45, 2.75) is 58.5 Å². The quantitative estimate of drug-likeness (QED) is 0.663. The average molecular weight is 394 g/mol. The lowest BCUT2D eigenvalue weighted by Crippen LogP contribution is -2.36. The van der Waals surface area contributed by atoms with Crippen LogP contribution in [-0.4, -0.2) is 24.4 Å². The Morgan fingerprint density at radius 1 is 0.966 bits per heavy atom. The molecular weight excluding hydrogens is 362 g/mol. The Morgan fingerprint density at radius 2 is 1.72 bits per heavy atom. The van der Waals surface area contributed by atoms with Crippen molar-refractivity contribution in [1.29, 1.82) is 0 Å². The lowest BCUT2D eigenvalue weighted by molar-refractivity contribution is -0.119. The van der Waals surface area contributed by atoms with E-state index >= 15 is 0 Å². The molecule has 29 heavy (non-hydrogen) atoms. The van der Waals surface area contributed by atoms with Gasteiger partial charge in [0.05, 0.1) is 6.54 Å². The van der Waals surface area contributed by atoms with E-state index in [0.717, 1.165) is 29.7 Å². The highest BCUT2D eigenvalue weighted by molar-refractivity contribution is 5.95. The van der Waals surface area contributed by atoms with Crippen LogP contribution in [0.25, 0.3) is 0 Å². The maximum atomic E-state index is 12.5. The van der Waals surface area contributed by atoms with E-state index in [1.165, 1.54) is 24.8 Å². The molecule has 0 heterocycles. The lowest BCUT2D eigenvalue weighted by atomic mass is 9.95. The van der Waals surface area contributed by atoms with Gasteiger partial charge in [0.1, 0.15) is 0 Å². The molecule has 3 rings (SSSR count). The molecule has 1 saturated carbocycles. The van der Waals surface area contributed by atoms with Gasteiger partial charge in [-0.2, -0.15) is 0 Å². The Labute approximate surface area is 173 Å². The van der Waals surface area contributed by atoms with Gasteiger partial charge in [-0.1, -0.05) is 43.5 Å². The second-order valence-corrected chi connectivity index (χ2v) is 7.89. The van der Waals surface area contributed by atoms with E-state index in [2.05, 4.69) is 16.0 Å². The largest absolute Gasteiger partial charge is 0.376 e. The highest BCUT2D eigenvalue weighted by atomic mass is 16.2. The number of carbonyl (C=O) groups is 2. The number of carbonyl (C=O) groups excluding carboxylic acids is 2. The Kier molecular flexibility index (Phi) is 7.28. The predicted molar refractivity (Wildman–Crippen MR) is 117 cm³/mol. The summed E-state index contributed by atoms with van der Waals surface area (Å²) in [6, 6.07) is 13.9. The molecule has 0 saturated heterocycles. The average Bonchev–Trinajstić information content (AvgIpc) is 2.73. The van der Waals surface area contributed by atoms with Gasteiger partial charge < -0.3 is 16.0 Å². The summed E-state index contributed by atoms with van der Waals surface area (Å²) < 4.78 is 0. The van der Waals surface area contributed by atoms with Gasteiger partial charge in [-0.3, -0.25) is 9.59 Å². The Balaban J connectivity index is 1.49. The van der Waals surface area contributed by atoms with Crippen molar-refractivity contribution in [1.82, 2.24) is 10.6 Å². The van der Waals surface area contributed by atoms with Crippen molar-refractivity contribution in [3.05, 3.63) is 64.7 Å². The van der Waals surface area contributed by atoms with E-state index in [1.54, 1.807) is 0 Å². The van der Waals surface area contributed by atoms with Crippen molar-refractivity contribution < 1.29 is 9.59 Å². The molecule has 5 heteroatoms. The molecule has 1 fully saturated rings. The third kappa shape index (κ3) is 6.08. The van der Waals surface area contributed by atoms with E-state index in [9.17, 15) is 9.59 Å². The standard InChI is InChI=1S/C24H31N3O2/c1-17-8-6-7-9-20(17)15-26-23(28)16-25-22-13-12-19(14-18(22)2)24(29)27-21-10-4-3-5-11-21/h6-9,12-14,21,25H,3-5,10-11,15-16H2,1-2H3,(H,26,28)(H,27,29). The number of benzene rings is 2. The first-order chi connectivity index (χ1) is 14.0. The van der Waals surface area contributed by atoms with Crippen LogP contribution in [0.3, 0.4) is 0 Å². The van der Waals surface area contributed by atoms with Gasteiger partial charge in [0.2, 0.25) is 5.91 Å². The van der Waals surface area contributed by atoms with E-state index in [1.807, 2.05) is 56.3 Å². The highest BCUT2D eigenvalue weighted by Crippen LogP contribution is 2.20. The fourth-order valence-corrected chi connectivity index (χ4v) is 3.76. The van der Waals surface area contributed by atoms with Crippen LogP contribution in [0.2, 0.25) is 0 Å². The van der Waals surface area contributed by atoms with Gasteiger partial charge in [-0.25, -0.2) is 0 Å². The van der Waals surface area contributed by atoms with Gasteiger partial charge in [-0.15, -0.1) is 0 Å². The summed E-state index contributed by atoms with van der Waals surface area (Å²) >= 11 is 0. The number of hydrogen-bond acceptors (Lipinski definition) is 3. The normalized spacial score (nSPS) is 14.3. The third-order valence-electron chi connectivity index (χ3n) is 5.61. The molecular formula is C24H31N3O2. The molecule has 0 bridgehead atoms. The fourth-order valence-electron chi connectivity index (χ4n) is 3.76. The minimum atomic E-state index is -0.0632. The monoisotopic (exact) mass is 393 g/mol. The summed E-state index contributed by atoms with van der Waals surface area (Å²) in [5.74, 6) is -0.0747. The zero-order valence-corrected chi connectivity index (χ0v) is 17.4. The van der Waals surface area contributed by atoms with Crippen molar-refractivity contribution >= 4 is 17.5 Å². The predicted octanol–water partition coefficient (Wildman–Crippen LogP) is 4.09. The summed E-state index contributed by atoms with van der Waals surface area (Å²) in [5.41, 5.74) is 4.77. The number of aryl methyl sites for hydroxylation is 2. The second kappa shape index (κ2) is 10.1. The smallest absolute Gasteiger partial charge is 0.251 e. The maximum Gasteiger partial charge on any atom is 0.251 e. The van der Waals surface area contributed by atoms with Crippen LogP contribution in [0.4, 0.5) is 5.69 Å². The van der Waals surface area contributed by atoms with Gasteiger partial charge in [0.15, 0.2) is 0 Å². The molecule has 2 aromatic rings. The summed E-state index contributed by atoms with van der Waals surface area (Å²) in [5, 5.41) is 9.25. The molecule has 154 valence electrons. The molecule has 0 aliphatic heterocycles. The minimum Gasteiger partial charge on any atom is -0.376 e. The molecule has 1 aliphatic carbocycles. The van der Waals surface area contributed by atoms with Crippen molar-refractivity contribution in [3.8, 4) is 0 Å². The first-order valence-corrected chi connectivity index (χ1v) is 10.5. The molecule has 3 N–H and O–H groups in total. The van der Waals surface area contributed by atoms with E-state index < -0.39 is 0 Å². The van der Waals surface area contributed by atoms with Crippen LogP contribution in [0.1, 0.15) is 59.2 Å². The maximum absolute atomic E-state index is 12.5. The molecule has 2 amide bonds. The molecule has 0 aromatic heterocycles. The molecule has 0 radical (unpaired) electrons. The van der Waals surface area contributed by atoms with Crippen LogP contribution in [-0.2, 0) is 11.3 Å². The lowest BCUT2D eigenvalue weighted by Gasteiger charge is -2.23. The third-order valence-corrected chi connectivity index (χ3v) is 5.61. The second-order valence-electron chi connectivity index (χ2n) is 7.89. The first kappa shape index (κ1) is 20.9. The minimum absolute atomic E-state index is 0.0116. The van der Waals surface area contributed by atoms with Gasteiger partial charge in [0, 0.05) is 23.8 Å². The Hall–Kier alpha value is -2.82. The summed E-state index contributed by atoms with van der Waals surface area (Å²) in [7, 11) is 0. The Morgan fingerprint density at radius 3 is 2.45 bits per heavy atom. The van der Waals surface area contributed by atoms with Crippen LogP contribution < -0.4 is 16.0 Å². The zero-order valence-electron chi connectivity index (χ0n) is 17.4. The van der Waals surface area contributed by atoms with Crippen LogP contribution >= 0.6 is 0 Å². The van der Waals surface area contributed by atoms with Crippen LogP contribution in [0.15, 0.2) is 42.5 Å². The number of nitrogens with one attached hydrogen (secondary N) is 3. The van der Waals surface area contributed by atoms with E-state index in [0.29, 0.717) is 18.2 Å². The van der Waals surface area contributed by atoms with Crippen molar-refractivity contribution in [2.24, 2.45) is 0 Å². The summed E-state index contributed by atoms with van der Waals surface area (Å²) in [6.07, 6.45) is 5.80. The number of anilines is 1. The first-order valence-electron chi connectivity index (χ1n) is 10.5. The molecule has 2 aromatic carbocycles. The van der Waals surface area contributed by atoms with Crippen LogP contribution in [0.5, 0.6) is 0 Å². The summed E-state index contributed by atoms with van der Waals surface area (Å²) in [4.78, 5) is 24.7. The summed E-state index contributed by atoms with van der Waals surface area (Å²) in [6.45, 7) is 4.70. The zero-order chi connectivity index (χ0) is 20.6. The topological polar surface area (TPSA) is 70.2 Å². The molecule has 5 nitrogen and oxygen atoms in total. The SMILES string of the molecule is Cc1ccccc1CNC(=O)CNc1ccc(C(=O)NC2CCCCC2)cc1C. The van der Waals surface area contributed by atoms with Crippen LogP contribution in [0, 0.1) is 13.8 Å². The number of hydrogen-bond donors (Lipinski definition) is 3. The van der Waals surface area contributed by atoms with Crippen molar-refractivity contribution in [3.63, 3.8) is 0 Å². The number of amides is 2. The van der Waals surface area contributed by atoms with Gasteiger partial charge in [0.25, 0.3) is 5.91 Å². The molecule has 0 unspecified atom stereocenters. The Bertz CT molecular complexity index is 857. The number of rotatable bonds is 7. The van der Waals surface area contributed by atoms with Crippen molar-refractivity contribution in [2.75, 3.05) is 11.9 Å². The van der Waals surface area contributed by atoms with Gasteiger partial charge in [-0.05, 0) is 61.6 Å².